The van der Waals surface area contributed by atoms with Crippen molar-refractivity contribution >= 4 is 10.1 Å². The van der Waals surface area contributed by atoms with Crippen LogP contribution in [0.4, 0.5) is 0 Å². The Morgan fingerprint density at radius 2 is 1.69 bits per heavy atom. The summed E-state index contributed by atoms with van der Waals surface area (Å²) >= 11 is 0. The Morgan fingerprint density at radius 3 is 1.75 bits per heavy atom. The smallest absolute Gasteiger partial charge is 0.748 e. The number of ether oxygens (including phenoxy) is 1. The molecule has 0 spiro atoms. The van der Waals surface area contributed by atoms with Crippen molar-refractivity contribution in [3.8, 4) is 0 Å². The average molecular weight is 260 g/mol. The maximum atomic E-state index is 9.72. The van der Waals surface area contributed by atoms with Gasteiger partial charge in [-0.05, 0) is 20.3 Å². The van der Waals surface area contributed by atoms with Crippen molar-refractivity contribution < 1.29 is 52.4 Å². The zero-order valence-corrected chi connectivity index (χ0v) is 12.8. The minimum absolute atomic E-state index is 0. The van der Waals surface area contributed by atoms with Gasteiger partial charge in [-0.3, -0.25) is 0 Å². The molecule has 0 unspecified atom stereocenters. The molecule has 0 aliphatic heterocycles. The predicted octanol–water partition coefficient (Wildman–Crippen LogP) is -2.01. The van der Waals surface area contributed by atoms with Crippen LogP contribution in [0, 0.1) is 0 Å². The molecule has 0 heterocycles. The largest absolute Gasteiger partial charge is 1.00 e. The molecule has 7 heteroatoms. The van der Waals surface area contributed by atoms with Gasteiger partial charge in [-0.25, -0.2) is 8.42 Å². The van der Waals surface area contributed by atoms with Crippen LogP contribution in [0.3, 0.4) is 0 Å². The summed E-state index contributed by atoms with van der Waals surface area (Å²) in [6.07, 6.45) is 0.0336. The summed E-state index contributed by atoms with van der Waals surface area (Å²) in [6.45, 7) is 10.3. The zero-order valence-electron chi connectivity index (χ0n) is 10.0. The molecule has 0 aliphatic rings. The van der Waals surface area contributed by atoms with Crippen molar-refractivity contribution in [2.75, 3.05) is 12.4 Å². The predicted molar refractivity (Wildman–Crippen MR) is 57.0 cm³/mol. The summed E-state index contributed by atoms with van der Waals surface area (Å²) < 4.78 is 34.0. The van der Waals surface area contributed by atoms with E-state index in [1.54, 1.807) is 13.8 Å². The van der Waals surface area contributed by atoms with E-state index >= 15 is 0 Å². The van der Waals surface area contributed by atoms with Crippen LogP contribution in [0.25, 0.3) is 0 Å². The van der Waals surface area contributed by atoms with Gasteiger partial charge in [0.25, 0.3) is 0 Å². The number of rotatable bonds is 5. The molecule has 90 valence electrons. The molecule has 1 N–H and O–H groups in total. The quantitative estimate of drug-likeness (QED) is 0.350. The van der Waals surface area contributed by atoms with E-state index in [4.69, 9.17) is 9.84 Å². The van der Waals surface area contributed by atoms with E-state index in [1.807, 2.05) is 0 Å². The SMILES string of the molecule is C=C(C)OC(=C)C.O=S(=O)([O-])CCCO.[Na+]. The Bertz CT molecular complexity index is 285. The molecule has 0 radical (unpaired) electrons. The summed E-state index contributed by atoms with van der Waals surface area (Å²) in [4.78, 5) is 0. The molecule has 0 fully saturated rings. The zero-order chi connectivity index (χ0) is 12.5. The molecule has 0 atom stereocenters. The minimum atomic E-state index is -4.10. The van der Waals surface area contributed by atoms with Gasteiger partial charge in [0.1, 0.15) is 0 Å². The summed E-state index contributed by atoms with van der Waals surface area (Å²) in [5, 5.41) is 8.03. The third-order valence-corrected chi connectivity index (χ3v) is 1.69. The maximum absolute atomic E-state index is 9.72. The summed E-state index contributed by atoms with van der Waals surface area (Å²) in [6, 6.07) is 0. The van der Waals surface area contributed by atoms with Gasteiger partial charge in [0, 0.05) is 12.4 Å². The molecule has 5 nitrogen and oxygen atoms in total. The number of aliphatic hydroxyl groups is 1. The van der Waals surface area contributed by atoms with Gasteiger partial charge in [-0.2, -0.15) is 0 Å². The molecule has 0 aromatic carbocycles. The van der Waals surface area contributed by atoms with Gasteiger partial charge in [0.15, 0.2) is 0 Å². The molecule has 0 bridgehead atoms. The fourth-order valence-corrected chi connectivity index (χ4v) is 1.02. The van der Waals surface area contributed by atoms with Crippen molar-refractivity contribution in [2.45, 2.75) is 20.3 Å². The molecule has 0 amide bonds. The van der Waals surface area contributed by atoms with E-state index in [-0.39, 0.29) is 42.6 Å². The van der Waals surface area contributed by atoms with Gasteiger partial charge in [0.05, 0.1) is 21.6 Å². The average Bonchev–Trinajstić information content (AvgIpc) is 1.97. The first-order valence-electron chi connectivity index (χ1n) is 4.22. The number of hydrogen-bond acceptors (Lipinski definition) is 5. The van der Waals surface area contributed by atoms with Crippen molar-refractivity contribution in [1.82, 2.24) is 0 Å². The van der Waals surface area contributed by atoms with Gasteiger partial charge in [-0.1, -0.05) is 13.2 Å². The fraction of sp³-hybridized carbons (Fsp3) is 0.556. The summed E-state index contributed by atoms with van der Waals surface area (Å²) in [5.74, 6) is 0.906. The fourth-order valence-electron chi connectivity index (χ4n) is 0.539. The molecule has 0 aliphatic carbocycles. The monoisotopic (exact) mass is 260 g/mol. The second-order valence-corrected chi connectivity index (χ2v) is 4.37. The molecular weight excluding hydrogens is 243 g/mol. The standard InChI is InChI=1S/C6H10O.C3H8O4S.Na/c1-5(2)7-6(3)4;4-2-1-3-8(5,6)7;/h1,3H2,2,4H3;4H,1-3H2,(H,5,6,7);/q;;+1/p-1. The molecule has 0 aromatic heterocycles. The second kappa shape index (κ2) is 11.6. The minimum Gasteiger partial charge on any atom is -0.748 e. The van der Waals surface area contributed by atoms with E-state index in [1.165, 1.54) is 0 Å². The van der Waals surface area contributed by atoms with Crippen LogP contribution in [0.2, 0.25) is 0 Å². The summed E-state index contributed by atoms with van der Waals surface area (Å²) in [5.41, 5.74) is 0. The first-order valence-corrected chi connectivity index (χ1v) is 5.80. The topological polar surface area (TPSA) is 86.7 Å². The third-order valence-electron chi connectivity index (χ3n) is 0.901. The van der Waals surface area contributed by atoms with Crippen molar-refractivity contribution in [1.29, 1.82) is 0 Å². The van der Waals surface area contributed by atoms with Crippen LogP contribution >= 0.6 is 0 Å². The first kappa shape index (κ1) is 21.4. The van der Waals surface area contributed by atoms with Crippen LogP contribution in [0.1, 0.15) is 20.3 Å². The Kier molecular flexibility index (Phi) is 15.6. The second-order valence-electron chi connectivity index (χ2n) is 2.85. The number of hydrogen-bond donors (Lipinski definition) is 1. The molecule has 16 heavy (non-hydrogen) atoms. The number of aliphatic hydroxyl groups excluding tert-OH is 1. The van der Waals surface area contributed by atoms with Crippen LogP contribution in [-0.4, -0.2) is 30.4 Å². The Morgan fingerprint density at radius 1 is 1.31 bits per heavy atom. The van der Waals surface area contributed by atoms with Crippen LogP contribution in [0.15, 0.2) is 24.7 Å². The van der Waals surface area contributed by atoms with Gasteiger partial charge in [0.2, 0.25) is 0 Å². The summed E-state index contributed by atoms with van der Waals surface area (Å²) in [7, 11) is -4.10. The molecule has 0 aromatic rings. The van der Waals surface area contributed by atoms with E-state index in [0.29, 0.717) is 11.5 Å². The van der Waals surface area contributed by atoms with E-state index < -0.39 is 15.9 Å². The normalized spacial score (nSPS) is 9.25. The molecule has 0 saturated heterocycles. The molecular formula is C9H17NaO5S. The Balaban J connectivity index is -0.000000200. The van der Waals surface area contributed by atoms with Crippen LogP contribution in [-0.2, 0) is 14.9 Å². The van der Waals surface area contributed by atoms with Crippen LogP contribution in [0.5, 0.6) is 0 Å². The van der Waals surface area contributed by atoms with Gasteiger partial charge >= 0.3 is 29.6 Å². The van der Waals surface area contributed by atoms with Gasteiger partial charge in [-0.15, -0.1) is 0 Å². The molecule has 0 saturated carbocycles. The Hall–Kier alpha value is 0.150. The maximum Gasteiger partial charge on any atom is 1.00 e. The van der Waals surface area contributed by atoms with Gasteiger partial charge < -0.3 is 14.4 Å². The third kappa shape index (κ3) is 29.2. The number of allylic oxidation sites excluding steroid dienone is 2. The Labute approximate surface area is 119 Å². The van der Waals surface area contributed by atoms with E-state index in [2.05, 4.69) is 13.2 Å². The first-order chi connectivity index (χ1) is 6.69. The van der Waals surface area contributed by atoms with Crippen molar-refractivity contribution in [3.63, 3.8) is 0 Å². The van der Waals surface area contributed by atoms with Crippen molar-refractivity contribution in [3.05, 3.63) is 24.7 Å². The van der Waals surface area contributed by atoms with Crippen molar-refractivity contribution in [2.24, 2.45) is 0 Å². The molecule has 0 rings (SSSR count). The van der Waals surface area contributed by atoms with E-state index in [9.17, 15) is 13.0 Å². The van der Waals surface area contributed by atoms with E-state index in [0.717, 1.165) is 0 Å². The van der Waals surface area contributed by atoms with Crippen LogP contribution < -0.4 is 29.6 Å².